The molecule has 0 spiro atoms. The molecule has 15 heteroatoms. The second-order valence-corrected chi connectivity index (χ2v) is 8.44. The zero-order valence-electron chi connectivity index (χ0n) is 19.3. The summed E-state index contributed by atoms with van der Waals surface area (Å²) < 4.78 is 0. The molecular formula is C22H27N5O9S. The Morgan fingerprint density at radius 2 is 1.41 bits per heavy atom. The van der Waals surface area contributed by atoms with Crippen molar-refractivity contribution >= 4 is 59.2 Å². The van der Waals surface area contributed by atoms with E-state index in [0.717, 1.165) is 10.9 Å². The van der Waals surface area contributed by atoms with Gasteiger partial charge in [0.05, 0.1) is 18.9 Å². The number of aromatic nitrogens is 1. The summed E-state index contributed by atoms with van der Waals surface area (Å²) in [5.41, 5.74) is 6.86. The lowest BCUT2D eigenvalue weighted by Gasteiger charge is -2.23. The molecule has 37 heavy (non-hydrogen) atoms. The minimum absolute atomic E-state index is 0.0719. The Morgan fingerprint density at radius 3 is 2.00 bits per heavy atom. The number of benzene rings is 1. The number of aromatic amines is 1. The van der Waals surface area contributed by atoms with Gasteiger partial charge in [-0.2, -0.15) is 12.6 Å². The van der Waals surface area contributed by atoms with Crippen LogP contribution in [-0.4, -0.2) is 85.9 Å². The molecule has 4 atom stereocenters. The van der Waals surface area contributed by atoms with Gasteiger partial charge in [-0.3, -0.25) is 24.0 Å². The third-order valence-corrected chi connectivity index (χ3v) is 5.64. The van der Waals surface area contributed by atoms with Gasteiger partial charge in [0.25, 0.3) is 0 Å². The normalized spacial score (nSPS) is 14.1. The van der Waals surface area contributed by atoms with E-state index in [-0.39, 0.29) is 12.2 Å². The van der Waals surface area contributed by atoms with Crippen LogP contribution in [0.2, 0.25) is 0 Å². The number of nitrogens with two attached hydrogens (primary N) is 1. The molecule has 200 valence electrons. The zero-order valence-corrected chi connectivity index (χ0v) is 20.2. The number of aliphatic carboxylic acids is 3. The molecule has 3 amide bonds. The number of H-pyrrole nitrogens is 1. The number of fused-ring (bicyclic) bond motifs is 1. The summed E-state index contributed by atoms with van der Waals surface area (Å²) in [5, 5.41) is 34.9. The van der Waals surface area contributed by atoms with E-state index in [2.05, 4.69) is 33.6 Å². The van der Waals surface area contributed by atoms with Gasteiger partial charge < -0.3 is 42.0 Å². The van der Waals surface area contributed by atoms with E-state index in [1.165, 1.54) is 0 Å². The average molecular weight is 538 g/mol. The Kier molecular flexibility index (Phi) is 10.4. The molecule has 1 heterocycles. The molecule has 0 radical (unpaired) electrons. The molecule has 0 bridgehead atoms. The molecule has 0 aliphatic rings. The van der Waals surface area contributed by atoms with Gasteiger partial charge in [-0.15, -0.1) is 0 Å². The van der Waals surface area contributed by atoms with Gasteiger partial charge in [0, 0.05) is 29.3 Å². The van der Waals surface area contributed by atoms with Crippen LogP contribution in [0.4, 0.5) is 0 Å². The molecular weight excluding hydrogens is 510 g/mol. The third-order valence-electron chi connectivity index (χ3n) is 5.27. The monoisotopic (exact) mass is 537 g/mol. The number of thiol groups is 1. The third kappa shape index (κ3) is 8.50. The van der Waals surface area contributed by atoms with Crippen molar-refractivity contribution < 1.29 is 44.1 Å². The number of carbonyl (C=O) groups excluding carboxylic acids is 3. The summed E-state index contributed by atoms with van der Waals surface area (Å²) in [7, 11) is 0. The van der Waals surface area contributed by atoms with Crippen LogP contribution in [0.3, 0.4) is 0 Å². The lowest BCUT2D eigenvalue weighted by Crippen LogP contribution is -2.58. The smallest absolute Gasteiger partial charge is 0.326 e. The number of carboxylic acid groups (broad SMARTS) is 3. The van der Waals surface area contributed by atoms with Crippen molar-refractivity contribution in [1.82, 2.24) is 20.9 Å². The van der Waals surface area contributed by atoms with E-state index >= 15 is 0 Å². The van der Waals surface area contributed by atoms with E-state index in [0.29, 0.717) is 5.56 Å². The summed E-state index contributed by atoms with van der Waals surface area (Å²) in [6, 6.07) is 1.18. The highest BCUT2D eigenvalue weighted by atomic mass is 32.1. The molecule has 0 aliphatic heterocycles. The van der Waals surface area contributed by atoms with Gasteiger partial charge in [-0.25, -0.2) is 4.79 Å². The minimum atomic E-state index is -1.69. The maximum atomic E-state index is 12.8. The van der Waals surface area contributed by atoms with Gasteiger partial charge in [0.2, 0.25) is 17.7 Å². The second kappa shape index (κ2) is 13.3. The molecule has 4 unspecified atom stereocenters. The van der Waals surface area contributed by atoms with E-state index in [4.69, 9.17) is 15.9 Å². The first-order valence-corrected chi connectivity index (χ1v) is 11.5. The molecule has 0 fully saturated rings. The zero-order chi connectivity index (χ0) is 27.7. The van der Waals surface area contributed by atoms with Crippen molar-refractivity contribution in [3.63, 3.8) is 0 Å². The van der Waals surface area contributed by atoms with Crippen LogP contribution < -0.4 is 21.7 Å². The first-order valence-electron chi connectivity index (χ1n) is 10.9. The van der Waals surface area contributed by atoms with Crippen molar-refractivity contribution in [2.24, 2.45) is 5.73 Å². The first kappa shape index (κ1) is 29.1. The lowest BCUT2D eigenvalue weighted by atomic mass is 10.0. The van der Waals surface area contributed by atoms with Crippen LogP contribution in [0.15, 0.2) is 30.5 Å². The Morgan fingerprint density at radius 1 is 0.838 bits per heavy atom. The van der Waals surface area contributed by atoms with Crippen molar-refractivity contribution in [2.75, 3.05) is 5.75 Å². The SMILES string of the molecule is NC(CC(=O)O)C(=O)NC(CC(=O)O)C(=O)NC(CS)C(=O)NC(Cc1c[nH]c2ccccc12)C(=O)O. The fraction of sp³-hybridized carbons (Fsp3) is 0.364. The molecule has 1 aromatic carbocycles. The van der Waals surface area contributed by atoms with Gasteiger partial charge in [-0.1, -0.05) is 18.2 Å². The number of carbonyl (C=O) groups is 6. The average Bonchev–Trinajstić information content (AvgIpc) is 3.23. The molecule has 2 rings (SSSR count). The standard InChI is InChI=1S/C22H27N5O9S/c23-12(6-17(28)29)19(32)25-14(7-18(30)31)20(33)27-16(9-37)21(34)26-15(22(35)36)5-10-8-24-13-4-2-1-3-11(10)13/h1-4,8,12,14-16,24,37H,5-7,9,23H2,(H,25,32)(H,26,34)(H,27,33)(H,28,29)(H,30,31)(H,35,36). The maximum Gasteiger partial charge on any atom is 0.326 e. The van der Waals surface area contributed by atoms with E-state index in [9.17, 15) is 33.9 Å². The molecule has 9 N–H and O–H groups in total. The number of rotatable bonds is 14. The number of carboxylic acids is 3. The molecule has 0 saturated carbocycles. The lowest BCUT2D eigenvalue weighted by molar-refractivity contribution is -0.143. The second-order valence-electron chi connectivity index (χ2n) is 8.07. The van der Waals surface area contributed by atoms with Gasteiger partial charge in [0.1, 0.15) is 18.1 Å². The molecule has 0 saturated heterocycles. The highest BCUT2D eigenvalue weighted by Gasteiger charge is 2.31. The van der Waals surface area contributed by atoms with Gasteiger partial charge >= 0.3 is 17.9 Å². The first-order chi connectivity index (χ1) is 17.4. The number of para-hydroxylation sites is 1. The summed E-state index contributed by atoms with van der Waals surface area (Å²) in [6.07, 6.45) is -0.102. The van der Waals surface area contributed by atoms with Gasteiger partial charge in [-0.05, 0) is 11.6 Å². The molecule has 0 aliphatic carbocycles. The van der Waals surface area contributed by atoms with Crippen LogP contribution in [0.1, 0.15) is 18.4 Å². The molecule has 2 aromatic rings. The number of nitrogens with one attached hydrogen (secondary N) is 4. The predicted octanol–water partition coefficient (Wildman–Crippen LogP) is -1.54. The number of hydrogen-bond donors (Lipinski definition) is 9. The van der Waals surface area contributed by atoms with E-state index in [1.54, 1.807) is 30.5 Å². The summed E-state index contributed by atoms with van der Waals surface area (Å²) in [6.45, 7) is 0. The topological polar surface area (TPSA) is 241 Å². The summed E-state index contributed by atoms with van der Waals surface area (Å²) in [4.78, 5) is 74.3. The van der Waals surface area contributed by atoms with Crippen molar-refractivity contribution in [3.8, 4) is 0 Å². The van der Waals surface area contributed by atoms with Crippen molar-refractivity contribution in [3.05, 3.63) is 36.0 Å². The van der Waals surface area contributed by atoms with Crippen LogP contribution in [0, 0.1) is 0 Å². The number of amides is 3. The number of hydrogen-bond acceptors (Lipinski definition) is 8. The van der Waals surface area contributed by atoms with Crippen molar-refractivity contribution in [1.29, 1.82) is 0 Å². The van der Waals surface area contributed by atoms with E-state index in [1.807, 2.05) is 0 Å². The fourth-order valence-corrected chi connectivity index (χ4v) is 3.66. The molecule has 14 nitrogen and oxygen atoms in total. The Labute approximate surface area is 215 Å². The summed E-state index contributed by atoms with van der Waals surface area (Å²) in [5.74, 6) is -7.54. The Hall–Kier alpha value is -4.11. The van der Waals surface area contributed by atoms with Crippen LogP contribution >= 0.6 is 12.6 Å². The Balaban J connectivity index is 2.10. The molecule has 1 aromatic heterocycles. The van der Waals surface area contributed by atoms with Crippen molar-refractivity contribution in [2.45, 2.75) is 43.4 Å². The van der Waals surface area contributed by atoms with E-state index < -0.39 is 72.6 Å². The maximum absolute atomic E-state index is 12.8. The largest absolute Gasteiger partial charge is 0.481 e. The Bertz CT molecular complexity index is 1180. The van der Waals surface area contributed by atoms with Crippen LogP contribution in [0.25, 0.3) is 10.9 Å². The highest BCUT2D eigenvalue weighted by Crippen LogP contribution is 2.19. The van der Waals surface area contributed by atoms with Gasteiger partial charge in [0.15, 0.2) is 0 Å². The fourth-order valence-electron chi connectivity index (χ4n) is 3.40. The predicted molar refractivity (Wildman–Crippen MR) is 132 cm³/mol. The van der Waals surface area contributed by atoms with Crippen LogP contribution in [-0.2, 0) is 35.2 Å². The summed E-state index contributed by atoms with van der Waals surface area (Å²) >= 11 is 4.00. The van der Waals surface area contributed by atoms with Crippen LogP contribution in [0.5, 0.6) is 0 Å². The quantitative estimate of drug-likeness (QED) is 0.126. The highest BCUT2D eigenvalue weighted by molar-refractivity contribution is 7.80. The minimum Gasteiger partial charge on any atom is -0.481 e.